The smallest absolute Gasteiger partial charge is 0.406 e. The van der Waals surface area contributed by atoms with Gasteiger partial charge in [-0.05, 0) is 57.4 Å². The lowest BCUT2D eigenvalue weighted by Crippen LogP contribution is -2.40. The number of nitrogens with zero attached hydrogens (tertiary/aromatic N) is 4. The minimum Gasteiger partial charge on any atom is -0.479 e. The molecule has 0 radical (unpaired) electrons. The number of hydrogen-bond donors (Lipinski definition) is 4. The van der Waals surface area contributed by atoms with Crippen LogP contribution in [0.1, 0.15) is 52.6 Å². The van der Waals surface area contributed by atoms with Crippen LogP contribution in [0.4, 0.5) is 10.1 Å². The Morgan fingerprint density at radius 3 is 2.46 bits per heavy atom. The molecule has 1 fully saturated rings. The van der Waals surface area contributed by atoms with E-state index in [2.05, 4.69) is 25.4 Å². The highest BCUT2D eigenvalue weighted by Crippen LogP contribution is 2.46. The van der Waals surface area contributed by atoms with Crippen LogP contribution in [0, 0.1) is 18.7 Å². The number of amides is 1. The monoisotopic (exact) mass is 696 g/mol. The summed E-state index contributed by atoms with van der Waals surface area (Å²) in [5, 5.41) is 27.0. The third-order valence-electron chi connectivity index (χ3n) is 7.09. The third-order valence-corrected chi connectivity index (χ3v) is 8.73. The molecule has 0 bridgehead atoms. The zero-order chi connectivity index (χ0) is 35.2. The van der Waals surface area contributed by atoms with Gasteiger partial charge < -0.3 is 29.7 Å². The molecular formula is C30H42FN6O10P. The Morgan fingerprint density at radius 2 is 1.81 bits per heavy atom. The van der Waals surface area contributed by atoms with Crippen LogP contribution in [0.3, 0.4) is 0 Å². The van der Waals surface area contributed by atoms with Crippen molar-refractivity contribution in [2.75, 3.05) is 25.6 Å². The van der Waals surface area contributed by atoms with Crippen LogP contribution in [0.25, 0.3) is 11.2 Å². The number of benzene rings is 1. The van der Waals surface area contributed by atoms with E-state index in [9.17, 15) is 28.8 Å². The molecule has 6 atom stereocenters. The molecule has 2 unspecified atom stereocenters. The molecule has 0 saturated carbocycles. The predicted molar refractivity (Wildman–Crippen MR) is 169 cm³/mol. The molecule has 18 heteroatoms. The van der Waals surface area contributed by atoms with E-state index in [0.717, 1.165) is 0 Å². The van der Waals surface area contributed by atoms with Gasteiger partial charge in [-0.2, -0.15) is 4.98 Å². The second-order valence-electron chi connectivity index (χ2n) is 11.9. The Bertz CT molecular complexity index is 1610. The van der Waals surface area contributed by atoms with Gasteiger partial charge >= 0.3 is 13.7 Å². The van der Waals surface area contributed by atoms with Crippen molar-refractivity contribution in [3.05, 3.63) is 42.2 Å². The molecule has 0 aliphatic carbocycles. The van der Waals surface area contributed by atoms with Crippen LogP contribution in [0.5, 0.6) is 5.88 Å². The van der Waals surface area contributed by atoms with Crippen LogP contribution in [-0.4, -0.2) is 92.4 Å². The molecule has 48 heavy (non-hydrogen) atoms. The minimum atomic E-state index is -4.42. The fraction of sp³-hybridized carbons (Fsp3) is 0.567. The first kappa shape index (κ1) is 37.3. The zero-order valence-corrected chi connectivity index (χ0v) is 28.4. The average Bonchev–Trinajstić information content (AvgIpc) is 3.55. The normalized spacial score (nSPS) is 21.4. The lowest BCUT2D eigenvalue weighted by Gasteiger charge is -2.27. The number of aliphatic hydroxyl groups excluding tert-OH is 2. The van der Waals surface area contributed by atoms with Crippen LogP contribution in [0.2, 0.25) is 0 Å². The Hall–Kier alpha value is -3.57. The molecular weight excluding hydrogens is 654 g/mol. The molecule has 0 spiro atoms. The van der Waals surface area contributed by atoms with Gasteiger partial charge in [-0.25, -0.2) is 24.0 Å². The van der Waals surface area contributed by atoms with E-state index in [1.807, 2.05) is 13.8 Å². The Labute approximate surface area is 276 Å². The molecule has 1 saturated heterocycles. The minimum absolute atomic E-state index is 0.0379. The number of methoxy groups -OCH3 is 1. The molecule has 4 rings (SSSR count). The highest BCUT2D eigenvalue weighted by molar-refractivity contribution is 7.51. The number of carbonyl (C=O) groups excluding carboxylic acids is 2. The number of fused-ring (bicyclic) bond motifs is 1. The van der Waals surface area contributed by atoms with Crippen LogP contribution >= 0.6 is 7.75 Å². The van der Waals surface area contributed by atoms with Crippen molar-refractivity contribution >= 4 is 36.5 Å². The summed E-state index contributed by atoms with van der Waals surface area (Å²) in [6.07, 6.45) is -4.56. The number of anilines is 1. The van der Waals surface area contributed by atoms with Crippen molar-refractivity contribution in [1.82, 2.24) is 24.6 Å². The number of carbonyl (C=O) groups is 2. The highest BCUT2D eigenvalue weighted by atomic mass is 31.2. The van der Waals surface area contributed by atoms with E-state index in [1.54, 1.807) is 20.8 Å². The molecule has 16 nitrogen and oxygen atoms in total. The number of ether oxygens (including phenoxy) is 3. The summed E-state index contributed by atoms with van der Waals surface area (Å²) < 4.78 is 56.6. The van der Waals surface area contributed by atoms with E-state index >= 15 is 0 Å². The van der Waals surface area contributed by atoms with Crippen molar-refractivity contribution in [3.63, 3.8) is 0 Å². The number of aliphatic hydroxyl groups is 2. The number of rotatable bonds is 16. The van der Waals surface area contributed by atoms with Crippen molar-refractivity contribution in [2.24, 2.45) is 5.92 Å². The Morgan fingerprint density at radius 1 is 1.10 bits per heavy atom. The lowest BCUT2D eigenvalue weighted by atomic mass is 10.0. The number of hydrogen-bond acceptors (Lipinski definition) is 13. The third kappa shape index (κ3) is 9.53. The standard InChI is InChI=1S/C30H42FN6O10P/c1-16(2)13-21(30(41)46-17(3)4)36-48(42,44-12-11-23(38)35-20-9-7-19(31)8-10-20)45-14-22-25(39)26(40)29(47-22)37-15-32-24-27(37)33-18(5)34-28(24)43-6/h7-10,15-17,21-22,25-26,29,39-40H,11-14H2,1-6H3,(H,35,38)(H,36,42)/t21-,22+,25?,26-,29+,48?/m0/s1. The fourth-order valence-corrected chi connectivity index (χ4v) is 6.39. The Balaban J connectivity index is 1.50. The van der Waals surface area contributed by atoms with Gasteiger partial charge in [-0.3, -0.25) is 23.2 Å². The number of aryl methyl sites for hydroxylation is 1. The fourth-order valence-electron chi connectivity index (χ4n) is 4.90. The van der Waals surface area contributed by atoms with Gasteiger partial charge in [0.25, 0.3) is 0 Å². The van der Waals surface area contributed by atoms with E-state index in [1.165, 1.54) is 42.3 Å². The van der Waals surface area contributed by atoms with Gasteiger partial charge in [0.05, 0.1) is 39.2 Å². The van der Waals surface area contributed by atoms with Crippen molar-refractivity contribution < 1.29 is 52.0 Å². The first-order chi connectivity index (χ1) is 22.7. The molecule has 3 heterocycles. The van der Waals surface area contributed by atoms with Crippen molar-refractivity contribution in [3.8, 4) is 5.88 Å². The lowest BCUT2D eigenvalue weighted by molar-refractivity contribution is -0.150. The van der Waals surface area contributed by atoms with E-state index in [0.29, 0.717) is 17.0 Å². The quantitative estimate of drug-likeness (QED) is 0.126. The SMILES string of the molecule is COc1nc(C)nc2c1ncn2[C@@H]1O[C@H](COP(=O)(N[C@@H](CC(C)C)C(=O)OC(C)C)OCCC(=O)Nc2ccc(F)cc2)C(O)[C@@H]1O. The molecule has 264 valence electrons. The number of esters is 1. The van der Waals surface area contributed by atoms with E-state index in [4.69, 9.17) is 23.3 Å². The van der Waals surface area contributed by atoms with Crippen molar-refractivity contribution in [2.45, 2.75) is 84.1 Å². The van der Waals surface area contributed by atoms with E-state index < -0.39 is 75.3 Å². The highest BCUT2D eigenvalue weighted by Gasteiger charge is 2.46. The second-order valence-corrected chi connectivity index (χ2v) is 13.6. The maximum atomic E-state index is 14.1. The van der Waals surface area contributed by atoms with Gasteiger partial charge in [0.1, 0.15) is 36.0 Å². The summed E-state index contributed by atoms with van der Waals surface area (Å²) >= 11 is 0. The maximum Gasteiger partial charge on any atom is 0.406 e. The first-order valence-electron chi connectivity index (χ1n) is 15.4. The van der Waals surface area contributed by atoms with Crippen LogP contribution in [0.15, 0.2) is 30.6 Å². The first-order valence-corrected chi connectivity index (χ1v) is 16.9. The summed E-state index contributed by atoms with van der Waals surface area (Å²) in [6.45, 7) is 7.74. The summed E-state index contributed by atoms with van der Waals surface area (Å²) in [4.78, 5) is 38.3. The van der Waals surface area contributed by atoms with Gasteiger partial charge in [0.2, 0.25) is 11.8 Å². The second kappa shape index (κ2) is 16.2. The topological polar surface area (TPSA) is 205 Å². The Kier molecular flexibility index (Phi) is 12.6. The summed E-state index contributed by atoms with van der Waals surface area (Å²) in [5.74, 6) is -1.13. The van der Waals surface area contributed by atoms with Gasteiger partial charge in [0, 0.05) is 5.69 Å². The number of aromatic nitrogens is 4. The largest absolute Gasteiger partial charge is 0.479 e. The molecule has 1 aliphatic rings. The number of imidazole rings is 1. The van der Waals surface area contributed by atoms with Gasteiger partial charge in [-0.1, -0.05) is 13.8 Å². The molecule has 1 amide bonds. The van der Waals surface area contributed by atoms with Crippen molar-refractivity contribution in [1.29, 1.82) is 0 Å². The maximum absolute atomic E-state index is 14.1. The van der Waals surface area contributed by atoms with E-state index in [-0.39, 0.29) is 30.3 Å². The number of nitrogens with one attached hydrogen (secondary N) is 2. The van der Waals surface area contributed by atoms with Crippen LogP contribution < -0.4 is 15.1 Å². The molecule has 3 aromatic rings. The van der Waals surface area contributed by atoms with Gasteiger partial charge in [0.15, 0.2) is 17.4 Å². The van der Waals surface area contributed by atoms with Gasteiger partial charge in [-0.15, -0.1) is 0 Å². The summed E-state index contributed by atoms with van der Waals surface area (Å²) in [7, 11) is -2.99. The zero-order valence-electron chi connectivity index (χ0n) is 27.5. The molecule has 2 aromatic heterocycles. The van der Waals surface area contributed by atoms with Crippen LogP contribution in [-0.2, 0) is 32.7 Å². The number of halogens is 1. The molecule has 1 aliphatic heterocycles. The average molecular weight is 697 g/mol. The summed E-state index contributed by atoms with van der Waals surface area (Å²) in [5.41, 5.74) is 0.939. The molecule has 4 N–H and O–H groups in total. The summed E-state index contributed by atoms with van der Waals surface area (Å²) in [6, 6.07) is 4.02. The predicted octanol–water partition coefficient (Wildman–Crippen LogP) is 3.03. The molecule has 1 aromatic carbocycles.